The normalized spacial score (nSPS) is 22.8. The Morgan fingerprint density at radius 1 is 1.35 bits per heavy atom. The third kappa shape index (κ3) is 3.40. The maximum Gasteiger partial charge on any atom is 0.138 e. The molecule has 1 fully saturated rings. The zero-order valence-electron chi connectivity index (χ0n) is 12.2. The third-order valence-corrected chi connectivity index (χ3v) is 4.75. The summed E-state index contributed by atoms with van der Waals surface area (Å²) in [5.41, 5.74) is 7.33. The van der Waals surface area contributed by atoms with Crippen molar-refractivity contribution in [3.05, 3.63) is 27.7 Å². The number of ether oxygens (including phenoxy) is 1. The van der Waals surface area contributed by atoms with E-state index in [1.54, 1.807) is 13.2 Å². The molecule has 0 aromatic heterocycles. The highest BCUT2D eigenvalue weighted by Gasteiger charge is 2.33. The summed E-state index contributed by atoms with van der Waals surface area (Å²) in [5.74, 6) is 0.612. The second-order valence-corrected chi connectivity index (χ2v) is 6.99. The Balaban J connectivity index is 2.13. The van der Waals surface area contributed by atoms with Crippen molar-refractivity contribution in [2.24, 2.45) is 11.1 Å². The van der Waals surface area contributed by atoms with E-state index in [4.69, 9.17) is 33.7 Å². The summed E-state index contributed by atoms with van der Waals surface area (Å²) in [7, 11) is 1.59. The van der Waals surface area contributed by atoms with E-state index in [0.717, 1.165) is 31.6 Å². The van der Waals surface area contributed by atoms with Crippen LogP contribution in [0.2, 0.25) is 10.0 Å². The molecule has 0 saturated carbocycles. The van der Waals surface area contributed by atoms with Gasteiger partial charge in [0, 0.05) is 36.8 Å². The third-order valence-electron chi connectivity index (χ3n) is 4.11. The highest BCUT2D eigenvalue weighted by Crippen LogP contribution is 2.33. The van der Waals surface area contributed by atoms with Crippen LogP contribution in [0.3, 0.4) is 0 Å². The fourth-order valence-electron chi connectivity index (χ4n) is 2.71. The number of likely N-dealkylation sites (tertiary alicyclic amines) is 1. The number of nitrogens with zero attached hydrogens (tertiary/aromatic N) is 1. The molecule has 0 aliphatic carbocycles. The largest absolute Gasteiger partial charge is 0.495 e. The first-order chi connectivity index (χ1) is 9.33. The Bertz CT molecular complexity index is 491. The minimum atomic E-state index is 0.126. The quantitative estimate of drug-likeness (QED) is 0.926. The predicted molar refractivity (Wildman–Crippen MR) is 84.7 cm³/mol. The SMILES string of the molecule is COc1cc(Cl)c(CN2CCC(N)C(C)(C)C2)cc1Cl. The van der Waals surface area contributed by atoms with Crippen molar-refractivity contribution < 1.29 is 4.74 Å². The molecule has 1 aliphatic heterocycles. The molecule has 0 bridgehead atoms. The summed E-state index contributed by atoms with van der Waals surface area (Å²) in [5, 5.41) is 1.29. The van der Waals surface area contributed by atoms with Crippen LogP contribution in [-0.4, -0.2) is 31.1 Å². The molecule has 1 aromatic rings. The van der Waals surface area contributed by atoms with Crippen LogP contribution < -0.4 is 10.5 Å². The van der Waals surface area contributed by atoms with Crippen LogP contribution in [-0.2, 0) is 6.54 Å². The van der Waals surface area contributed by atoms with Crippen molar-refractivity contribution >= 4 is 23.2 Å². The highest BCUT2D eigenvalue weighted by molar-refractivity contribution is 6.34. The van der Waals surface area contributed by atoms with Gasteiger partial charge in [0.25, 0.3) is 0 Å². The van der Waals surface area contributed by atoms with Crippen LogP contribution >= 0.6 is 23.2 Å². The summed E-state index contributed by atoms with van der Waals surface area (Å²) in [4.78, 5) is 2.38. The van der Waals surface area contributed by atoms with Gasteiger partial charge in [0.1, 0.15) is 5.75 Å². The Hall–Kier alpha value is -0.480. The molecule has 1 heterocycles. The second kappa shape index (κ2) is 6.10. The molecule has 0 amide bonds. The molecule has 2 rings (SSSR count). The topological polar surface area (TPSA) is 38.5 Å². The first-order valence-corrected chi connectivity index (χ1v) is 7.59. The van der Waals surface area contributed by atoms with Crippen molar-refractivity contribution in [3.63, 3.8) is 0 Å². The zero-order chi connectivity index (χ0) is 14.9. The maximum atomic E-state index is 6.31. The number of nitrogens with two attached hydrogens (primary N) is 1. The van der Waals surface area contributed by atoms with Gasteiger partial charge in [-0.05, 0) is 23.5 Å². The first kappa shape index (κ1) is 15.9. The molecule has 3 nitrogen and oxygen atoms in total. The maximum absolute atomic E-state index is 6.31. The molecule has 2 N–H and O–H groups in total. The summed E-state index contributed by atoms with van der Waals surface area (Å²) < 4.78 is 5.17. The van der Waals surface area contributed by atoms with Gasteiger partial charge in [-0.3, -0.25) is 4.90 Å². The average molecular weight is 317 g/mol. The van der Waals surface area contributed by atoms with Crippen molar-refractivity contribution in [2.75, 3.05) is 20.2 Å². The van der Waals surface area contributed by atoms with Gasteiger partial charge in [-0.2, -0.15) is 0 Å². The van der Waals surface area contributed by atoms with Gasteiger partial charge in [-0.15, -0.1) is 0 Å². The minimum Gasteiger partial charge on any atom is -0.495 e. The van der Waals surface area contributed by atoms with E-state index in [2.05, 4.69) is 18.7 Å². The smallest absolute Gasteiger partial charge is 0.138 e. The number of methoxy groups -OCH3 is 1. The molecule has 1 aromatic carbocycles. The van der Waals surface area contributed by atoms with Gasteiger partial charge < -0.3 is 10.5 Å². The summed E-state index contributed by atoms with van der Waals surface area (Å²) in [6.07, 6.45) is 1.01. The van der Waals surface area contributed by atoms with Crippen molar-refractivity contribution in [1.29, 1.82) is 0 Å². The second-order valence-electron chi connectivity index (χ2n) is 6.17. The van der Waals surface area contributed by atoms with Gasteiger partial charge in [0.05, 0.1) is 12.1 Å². The van der Waals surface area contributed by atoms with Gasteiger partial charge >= 0.3 is 0 Å². The van der Waals surface area contributed by atoms with Crippen molar-refractivity contribution in [1.82, 2.24) is 4.90 Å². The Kier molecular flexibility index (Phi) is 4.85. The first-order valence-electron chi connectivity index (χ1n) is 6.83. The summed E-state index contributed by atoms with van der Waals surface area (Å²) in [6.45, 7) is 7.18. The number of halogens is 2. The van der Waals surface area contributed by atoms with Crippen LogP contribution in [0.4, 0.5) is 0 Å². The molecular formula is C15H22Cl2N2O. The molecule has 0 spiro atoms. The van der Waals surface area contributed by atoms with E-state index in [1.807, 2.05) is 6.07 Å². The Morgan fingerprint density at radius 2 is 2.05 bits per heavy atom. The predicted octanol–water partition coefficient (Wildman–Crippen LogP) is 3.56. The lowest BCUT2D eigenvalue weighted by atomic mass is 9.79. The van der Waals surface area contributed by atoms with E-state index in [-0.39, 0.29) is 11.5 Å². The lowest BCUT2D eigenvalue weighted by Crippen LogP contribution is -2.52. The molecule has 0 radical (unpaired) electrons. The average Bonchev–Trinajstić information content (AvgIpc) is 2.37. The Labute approximate surface area is 131 Å². The van der Waals surface area contributed by atoms with Crippen LogP contribution in [0.1, 0.15) is 25.8 Å². The molecule has 1 aliphatic rings. The van der Waals surface area contributed by atoms with Crippen LogP contribution in [0.5, 0.6) is 5.75 Å². The van der Waals surface area contributed by atoms with Gasteiger partial charge in [-0.25, -0.2) is 0 Å². The van der Waals surface area contributed by atoms with E-state index in [9.17, 15) is 0 Å². The van der Waals surface area contributed by atoms with Gasteiger partial charge in [0.15, 0.2) is 0 Å². The van der Waals surface area contributed by atoms with E-state index in [0.29, 0.717) is 15.8 Å². The molecule has 112 valence electrons. The lowest BCUT2D eigenvalue weighted by molar-refractivity contribution is 0.0899. The fourth-order valence-corrected chi connectivity index (χ4v) is 3.19. The van der Waals surface area contributed by atoms with E-state index >= 15 is 0 Å². The van der Waals surface area contributed by atoms with E-state index < -0.39 is 0 Å². The number of benzene rings is 1. The molecule has 20 heavy (non-hydrogen) atoms. The fraction of sp³-hybridized carbons (Fsp3) is 0.600. The van der Waals surface area contributed by atoms with Crippen LogP contribution in [0, 0.1) is 5.41 Å². The number of hydrogen-bond donors (Lipinski definition) is 1. The molecule has 1 atom stereocenters. The summed E-state index contributed by atoms with van der Waals surface area (Å²) in [6, 6.07) is 3.93. The van der Waals surface area contributed by atoms with Crippen LogP contribution in [0.15, 0.2) is 12.1 Å². The molecular weight excluding hydrogens is 295 g/mol. The minimum absolute atomic E-state index is 0.126. The lowest BCUT2D eigenvalue weighted by Gasteiger charge is -2.42. The number of piperidine rings is 1. The molecule has 1 saturated heterocycles. The van der Waals surface area contributed by atoms with Gasteiger partial charge in [-0.1, -0.05) is 37.0 Å². The van der Waals surface area contributed by atoms with Crippen molar-refractivity contribution in [3.8, 4) is 5.75 Å². The van der Waals surface area contributed by atoms with Gasteiger partial charge in [0.2, 0.25) is 0 Å². The number of hydrogen-bond acceptors (Lipinski definition) is 3. The van der Waals surface area contributed by atoms with E-state index in [1.165, 1.54) is 0 Å². The molecule has 1 unspecified atom stereocenters. The highest BCUT2D eigenvalue weighted by atomic mass is 35.5. The standard InChI is InChI=1S/C15H22Cl2N2O/c1-15(2)9-19(5-4-14(15)18)8-10-6-12(17)13(20-3)7-11(10)16/h6-7,14H,4-5,8-9,18H2,1-3H3. The molecule has 5 heteroatoms. The Morgan fingerprint density at radius 3 is 2.65 bits per heavy atom. The monoisotopic (exact) mass is 316 g/mol. The van der Waals surface area contributed by atoms with Crippen molar-refractivity contribution in [2.45, 2.75) is 32.9 Å². The zero-order valence-corrected chi connectivity index (χ0v) is 13.8. The number of rotatable bonds is 3. The summed E-state index contributed by atoms with van der Waals surface area (Å²) >= 11 is 12.5. The van der Waals surface area contributed by atoms with Crippen LogP contribution in [0.25, 0.3) is 0 Å².